The number of rotatable bonds is 0. The summed E-state index contributed by atoms with van der Waals surface area (Å²) >= 11 is 0. The molecule has 0 aliphatic carbocycles. The minimum Gasteiger partial charge on any atom is -0.461 e. The summed E-state index contributed by atoms with van der Waals surface area (Å²) in [6, 6.07) is 1.94. The van der Waals surface area contributed by atoms with Crippen molar-refractivity contribution >= 4 is 29.2 Å². The van der Waals surface area contributed by atoms with Crippen LogP contribution in [0.1, 0.15) is 34.4 Å². The normalized spacial score (nSPS) is 21.8. The van der Waals surface area contributed by atoms with Crippen molar-refractivity contribution in [2.45, 2.75) is 20.0 Å². The lowest BCUT2D eigenvalue weighted by molar-refractivity contribution is -0.110. The number of anilines is 1. The van der Waals surface area contributed by atoms with Gasteiger partial charge in [-0.2, -0.15) is 4.98 Å². The largest absolute Gasteiger partial charge is 0.461 e. The fraction of sp³-hybridized carbons (Fsp3) is 0.368. The molecule has 2 amide bonds. The highest BCUT2D eigenvalue weighted by molar-refractivity contribution is 6.34. The zero-order valence-corrected chi connectivity index (χ0v) is 15.9. The Bertz CT molecular complexity index is 981. The number of likely N-dealkylation sites (N-methyl/N-ethyl adjacent to an activating group) is 1. The topological polar surface area (TPSA) is 109 Å². The van der Waals surface area contributed by atoms with Crippen LogP contribution in [0.15, 0.2) is 12.3 Å². The Morgan fingerprint density at radius 2 is 2.14 bits per heavy atom. The van der Waals surface area contributed by atoms with E-state index in [1.807, 2.05) is 13.8 Å². The standard InChI is InChI=1S/C19H21N5O4/c1-10-6-12-14(21-10)7-13-16-15(22-17(13)25)8-20-19(23-16)28-9-11(2)27-5-4-24(3)18(12)26/h6-8,11,21H,4-5,9H2,1-3H3,(H,22,25)/b13-7-. The average Bonchev–Trinajstić information content (AvgIpc) is 3.18. The molecular weight excluding hydrogens is 362 g/mol. The molecule has 2 N–H and O–H groups in total. The number of hydrogen-bond acceptors (Lipinski definition) is 6. The van der Waals surface area contributed by atoms with Crippen LogP contribution < -0.4 is 10.1 Å². The molecule has 2 aliphatic heterocycles. The highest BCUT2D eigenvalue weighted by Gasteiger charge is 2.28. The van der Waals surface area contributed by atoms with Crippen LogP contribution in [0.3, 0.4) is 0 Å². The third-order valence-electron chi connectivity index (χ3n) is 4.64. The molecule has 0 saturated carbocycles. The SMILES string of the molecule is Cc1cc2c([nH]1)/C=C1\C(=O)Nc3cnc(nc31)OCC(C)OCCN(C)C2=O. The molecule has 0 saturated heterocycles. The van der Waals surface area contributed by atoms with E-state index in [0.29, 0.717) is 41.4 Å². The van der Waals surface area contributed by atoms with E-state index >= 15 is 0 Å². The summed E-state index contributed by atoms with van der Waals surface area (Å²) in [5.74, 6) is -0.456. The first kappa shape index (κ1) is 18.2. The van der Waals surface area contributed by atoms with Gasteiger partial charge in [0.05, 0.1) is 41.4 Å². The van der Waals surface area contributed by atoms with E-state index in [9.17, 15) is 9.59 Å². The van der Waals surface area contributed by atoms with Crippen LogP contribution in [0.2, 0.25) is 0 Å². The van der Waals surface area contributed by atoms with Gasteiger partial charge < -0.3 is 24.7 Å². The molecule has 146 valence electrons. The number of aryl methyl sites for hydroxylation is 1. The minimum absolute atomic E-state index is 0.152. The Morgan fingerprint density at radius 3 is 2.96 bits per heavy atom. The van der Waals surface area contributed by atoms with Crippen molar-refractivity contribution in [3.05, 3.63) is 34.9 Å². The number of nitrogens with one attached hydrogen (secondary N) is 2. The van der Waals surface area contributed by atoms with Crippen LogP contribution in [-0.4, -0.2) is 64.6 Å². The number of ether oxygens (including phenoxy) is 2. The van der Waals surface area contributed by atoms with Crippen molar-refractivity contribution in [2.24, 2.45) is 0 Å². The molecule has 0 spiro atoms. The number of H-pyrrole nitrogens is 1. The summed E-state index contributed by atoms with van der Waals surface area (Å²) in [5, 5.41) is 2.74. The first-order valence-electron chi connectivity index (χ1n) is 9.02. The van der Waals surface area contributed by atoms with Gasteiger partial charge in [0.25, 0.3) is 11.8 Å². The van der Waals surface area contributed by atoms with Gasteiger partial charge in [0.15, 0.2) is 0 Å². The number of aromatic amines is 1. The Hall–Kier alpha value is -3.20. The lowest BCUT2D eigenvalue weighted by atomic mass is 10.1. The molecule has 0 radical (unpaired) electrons. The van der Waals surface area contributed by atoms with E-state index in [1.165, 1.54) is 6.20 Å². The molecule has 4 rings (SSSR count). The smallest absolute Gasteiger partial charge is 0.317 e. The van der Waals surface area contributed by atoms with Gasteiger partial charge in [0.2, 0.25) is 0 Å². The van der Waals surface area contributed by atoms with Gasteiger partial charge in [0.1, 0.15) is 12.3 Å². The zero-order valence-electron chi connectivity index (χ0n) is 15.9. The van der Waals surface area contributed by atoms with Gasteiger partial charge in [-0.15, -0.1) is 0 Å². The lowest BCUT2D eigenvalue weighted by Crippen LogP contribution is -2.32. The molecule has 2 aromatic rings. The molecule has 2 aliphatic rings. The first-order chi connectivity index (χ1) is 13.4. The van der Waals surface area contributed by atoms with E-state index in [-0.39, 0.29) is 30.5 Å². The van der Waals surface area contributed by atoms with Crippen molar-refractivity contribution in [3.8, 4) is 6.01 Å². The zero-order chi connectivity index (χ0) is 19.8. The molecule has 9 nitrogen and oxygen atoms in total. The molecule has 2 bridgehead atoms. The summed E-state index contributed by atoms with van der Waals surface area (Å²) in [6.45, 7) is 4.80. The van der Waals surface area contributed by atoms with Crippen LogP contribution in [0.5, 0.6) is 6.01 Å². The Morgan fingerprint density at radius 1 is 1.32 bits per heavy atom. The first-order valence-corrected chi connectivity index (χ1v) is 9.02. The van der Waals surface area contributed by atoms with Crippen molar-refractivity contribution in [2.75, 3.05) is 32.1 Å². The van der Waals surface area contributed by atoms with E-state index < -0.39 is 0 Å². The quantitative estimate of drug-likeness (QED) is 0.713. The molecule has 9 heteroatoms. The van der Waals surface area contributed by atoms with Crippen LogP contribution >= 0.6 is 0 Å². The maximum atomic E-state index is 12.9. The van der Waals surface area contributed by atoms with Crippen LogP contribution in [0.4, 0.5) is 5.69 Å². The van der Waals surface area contributed by atoms with Crippen molar-refractivity contribution < 1.29 is 19.1 Å². The molecule has 28 heavy (non-hydrogen) atoms. The fourth-order valence-electron chi connectivity index (χ4n) is 3.15. The van der Waals surface area contributed by atoms with Gasteiger partial charge >= 0.3 is 6.01 Å². The Labute approximate surface area is 161 Å². The fourth-order valence-corrected chi connectivity index (χ4v) is 3.15. The predicted octanol–water partition coefficient (Wildman–Crippen LogP) is 1.48. The average molecular weight is 383 g/mol. The number of carbonyl (C=O) groups is 2. The molecule has 4 heterocycles. The summed E-state index contributed by atoms with van der Waals surface area (Å²) in [6.07, 6.45) is 2.95. The van der Waals surface area contributed by atoms with Crippen LogP contribution in [0, 0.1) is 6.92 Å². The maximum absolute atomic E-state index is 12.9. The van der Waals surface area contributed by atoms with E-state index in [1.54, 1.807) is 24.1 Å². The number of nitrogens with zero attached hydrogens (tertiary/aromatic N) is 3. The van der Waals surface area contributed by atoms with Gasteiger partial charge in [0, 0.05) is 19.3 Å². The highest BCUT2D eigenvalue weighted by Crippen LogP contribution is 2.32. The highest BCUT2D eigenvalue weighted by atomic mass is 16.5. The molecule has 0 aromatic carbocycles. The maximum Gasteiger partial charge on any atom is 0.317 e. The second-order valence-corrected chi connectivity index (χ2v) is 6.93. The number of hydrogen-bond donors (Lipinski definition) is 2. The third-order valence-corrected chi connectivity index (χ3v) is 4.64. The van der Waals surface area contributed by atoms with Gasteiger partial charge in [-0.3, -0.25) is 9.59 Å². The summed E-state index contributed by atoms with van der Waals surface area (Å²) < 4.78 is 11.3. The molecule has 0 fully saturated rings. The van der Waals surface area contributed by atoms with Crippen molar-refractivity contribution in [1.29, 1.82) is 0 Å². The summed E-state index contributed by atoms with van der Waals surface area (Å²) in [7, 11) is 1.72. The second-order valence-electron chi connectivity index (χ2n) is 6.93. The van der Waals surface area contributed by atoms with Gasteiger partial charge in [-0.05, 0) is 26.0 Å². The molecule has 1 atom stereocenters. The Balaban J connectivity index is 1.83. The van der Waals surface area contributed by atoms with Gasteiger partial charge in [-0.1, -0.05) is 0 Å². The van der Waals surface area contributed by atoms with E-state index in [4.69, 9.17) is 9.47 Å². The monoisotopic (exact) mass is 383 g/mol. The number of carbonyl (C=O) groups excluding carboxylic acids is 2. The second kappa shape index (κ2) is 7.08. The van der Waals surface area contributed by atoms with Crippen LogP contribution in [0.25, 0.3) is 11.6 Å². The number of amides is 2. The number of fused-ring (bicyclic) bond motifs is 2. The Kier molecular flexibility index (Phi) is 4.60. The van der Waals surface area contributed by atoms with Crippen LogP contribution in [-0.2, 0) is 9.53 Å². The van der Waals surface area contributed by atoms with Gasteiger partial charge in [-0.25, -0.2) is 4.98 Å². The lowest BCUT2D eigenvalue weighted by Gasteiger charge is -2.19. The predicted molar refractivity (Wildman–Crippen MR) is 102 cm³/mol. The summed E-state index contributed by atoms with van der Waals surface area (Å²) in [4.78, 5) is 38.6. The number of aromatic nitrogens is 3. The van der Waals surface area contributed by atoms with Crippen molar-refractivity contribution in [3.63, 3.8) is 0 Å². The minimum atomic E-state index is -0.304. The van der Waals surface area contributed by atoms with E-state index in [0.717, 1.165) is 5.69 Å². The van der Waals surface area contributed by atoms with E-state index in [2.05, 4.69) is 20.3 Å². The third kappa shape index (κ3) is 3.36. The van der Waals surface area contributed by atoms with Crippen molar-refractivity contribution in [1.82, 2.24) is 19.9 Å². The molecule has 2 aromatic heterocycles. The molecule has 1 unspecified atom stereocenters. The molecular formula is C19H21N5O4. The summed E-state index contributed by atoms with van der Waals surface area (Å²) in [5.41, 5.74) is 3.16.